The van der Waals surface area contributed by atoms with Gasteiger partial charge in [0.05, 0.1) is 0 Å². The smallest absolute Gasteiger partial charge is 0.134 e. The Hall–Kier alpha value is -2.13. The Labute approximate surface area is 131 Å². The highest BCUT2D eigenvalue weighted by Gasteiger charge is 2.14. The molecule has 3 rings (SSSR count). The highest BCUT2D eigenvalue weighted by molar-refractivity contribution is 5.82. The van der Waals surface area contributed by atoms with E-state index in [-0.39, 0.29) is 0 Å². The maximum absolute atomic E-state index is 5.97. The lowest BCUT2D eigenvalue weighted by Gasteiger charge is -2.16. The van der Waals surface area contributed by atoms with Gasteiger partial charge in [-0.2, -0.15) is 0 Å². The molecule has 0 fully saturated rings. The molecule has 0 saturated heterocycles. The van der Waals surface area contributed by atoms with Crippen molar-refractivity contribution in [3.8, 4) is 0 Å². The zero-order chi connectivity index (χ0) is 15.4. The van der Waals surface area contributed by atoms with E-state index in [1.54, 1.807) is 0 Å². The van der Waals surface area contributed by atoms with Gasteiger partial charge in [0, 0.05) is 48.8 Å². The van der Waals surface area contributed by atoms with Crippen LogP contribution in [0.5, 0.6) is 0 Å². The van der Waals surface area contributed by atoms with Gasteiger partial charge >= 0.3 is 0 Å². The molecule has 0 N–H and O–H groups in total. The van der Waals surface area contributed by atoms with Crippen LogP contribution in [-0.2, 0) is 19.4 Å². The van der Waals surface area contributed by atoms with Gasteiger partial charge in [-0.3, -0.25) is 4.98 Å². The molecule has 0 aliphatic heterocycles. The third-order valence-electron chi connectivity index (χ3n) is 4.01. The van der Waals surface area contributed by atoms with E-state index >= 15 is 0 Å². The minimum Gasteiger partial charge on any atom is -0.461 e. The summed E-state index contributed by atoms with van der Waals surface area (Å²) in [4.78, 5) is 6.72. The first-order valence-electron chi connectivity index (χ1n) is 7.85. The molecule has 2 heterocycles. The number of likely N-dealkylation sites (N-methyl/N-ethyl adjacent to an activating group) is 1. The normalized spacial score (nSPS) is 11.4. The van der Waals surface area contributed by atoms with E-state index in [4.69, 9.17) is 4.42 Å². The second-order valence-electron chi connectivity index (χ2n) is 5.66. The first kappa shape index (κ1) is 14.8. The number of benzene rings is 1. The molecular weight excluding hydrogens is 272 g/mol. The van der Waals surface area contributed by atoms with E-state index in [0.29, 0.717) is 0 Å². The molecule has 1 aromatic carbocycles. The summed E-state index contributed by atoms with van der Waals surface area (Å²) in [5, 5.41) is 1.24. The number of nitrogens with zero attached hydrogens (tertiary/aromatic N) is 2. The molecule has 0 radical (unpaired) electrons. The summed E-state index contributed by atoms with van der Waals surface area (Å²) in [5.41, 5.74) is 3.45. The van der Waals surface area contributed by atoms with Crippen LogP contribution < -0.4 is 0 Å². The molecule has 0 spiro atoms. The monoisotopic (exact) mass is 294 g/mol. The number of aromatic nitrogens is 1. The second-order valence-corrected chi connectivity index (χ2v) is 5.66. The second kappa shape index (κ2) is 6.75. The first-order chi connectivity index (χ1) is 10.8. The SMILES string of the molecule is CCc1oc2ccccc2c1CN(C)CCc1ccccn1. The van der Waals surface area contributed by atoms with Gasteiger partial charge in [-0.1, -0.05) is 31.2 Å². The van der Waals surface area contributed by atoms with Crippen molar-refractivity contribution in [1.29, 1.82) is 0 Å². The molecule has 3 aromatic rings. The van der Waals surface area contributed by atoms with E-state index in [0.717, 1.165) is 43.0 Å². The summed E-state index contributed by atoms with van der Waals surface area (Å²) in [5.74, 6) is 1.10. The fourth-order valence-corrected chi connectivity index (χ4v) is 2.81. The molecule has 0 atom stereocenters. The summed E-state index contributed by atoms with van der Waals surface area (Å²) >= 11 is 0. The third-order valence-corrected chi connectivity index (χ3v) is 4.01. The van der Waals surface area contributed by atoms with Gasteiger partial charge in [0.2, 0.25) is 0 Å². The van der Waals surface area contributed by atoms with Crippen LogP contribution in [0.3, 0.4) is 0 Å². The van der Waals surface area contributed by atoms with E-state index in [1.165, 1.54) is 10.9 Å². The van der Waals surface area contributed by atoms with Crippen molar-refractivity contribution in [3.05, 3.63) is 65.7 Å². The maximum Gasteiger partial charge on any atom is 0.134 e. The van der Waals surface area contributed by atoms with Crippen LogP contribution in [0.2, 0.25) is 0 Å². The number of pyridine rings is 1. The molecule has 0 aliphatic rings. The lowest BCUT2D eigenvalue weighted by atomic mass is 10.1. The Morgan fingerprint density at radius 3 is 2.68 bits per heavy atom. The molecule has 0 saturated carbocycles. The molecule has 0 aliphatic carbocycles. The number of hydrogen-bond donors (Lipinski definition) is 0. The highest BCUT2D eigenvalue weighted by Crippen LogP contribution is 2.27. The van der Waals surface area contributed by atoms with Gasteiger partial charge < -0.3 is 9.32 Å². The molecule has 3 heteroatoms. The van der Waals surface area contributed by atoms with Gasteiger partial charge in [0.25, 0.3) is 0 Å². The number of fused-ring (bicyclic) bond motifs is 1. The van der Waals surface area contributed by atoms with Crippen molar-refractivity contribution in [2.24, 2.45) is 0 Å². The molecule has 2 aromatic heterocycles. The lowest BCUT2D eigenvalue weighted by Crippen LogP contribution is -2.21. The summed E-state index contributed by atoms with van der Waals surface area (Å²) < 4.78 is 5.97. The topological polar surface area (TPSA) is 29.3 Å². The van der Waals surface area contributed by atoms with Crippen LogP contribution in [0, 0.1) is 0 Å². The van der Waals surface area contributed by atoms with Crippen molar-refractivity contribution in [3.63, 3.8) is 0 Å². The fraction of sp³-hybridized carbons (Fsp3) is 0.316. The van der Waals surface area contributed by atoms with Gasteiger partial charge in [-0.25, -0.2) is 0 Å². The van der Waals surface area contributed by atoms with Crippen molar-refractivity contribution >= 4 is 11.0 Å². The number of para-hydroxylation sites is 1. The van der Waals surface area contributed by atoms with Gasteiger partial charge in [-0.05, 0) is 25.2 Å². The van der Waals surface area contributed by atoms with E-state index in [2.05, 4.69) is 42.1 Å². The average molecular weight is 294 g/mol. The predicted octanol–water partition coefficient (Wildman–Crippen LogP) is 4.06. The molecule has 0 bridgehead atoms. The molecule has 3 nitrogen and oxygen atoms in total. The van der Waals surface area contributed by atoms with Crippen molar-refractivity contribution in [2.45, 2.75) is 26.3 Å². The van der Waals surface area contributed by atoms with Crippen LogP contribution in [0.15, 0.2) is 53.1 Å². The Bertz CT molecular complexity index is 734. The van der Waals surface area contributed by atoms with Gasteiger partial charge in [0.1, 0.15) is 11.3 Å². The Balaban J connectivity index is 1.72. The lowest BCUT2D eigenvalue weighted by molar-refractivity contribution is 0.327. The van der Waals surface area contributed by atoms with E-state index in [1.807, 2.05) is 30.5 Å². The number of aryl methyl sites for hydroxylation is 1. The molecule has 0 unspecified atom stereocenters. The highest BCUT2D eigenvalue weighted by atomic mass is 16.3. The Morgan fingerprint density at radius 1 is 1.09 bits per heavy atom. The predicted molar refractivity (Wildman–Crippen MR) is 89.9 cm³/mol. The third kappa shape index (κ3) is 3.20. The van der Waals surface area contributed by atoms with Crippen LogP contribution in [0.25, 0.3) is 11.0 Å². The largest absolute Gasteiger partial charge is 0.461 e. The summed E-state index contributed by atoms with van der Waals surface area (Å²) in [7, 11) is 2.16. The van der Waals surface area contributed by atoms with Gasteiger partial charge in [-0.15, -0.1) is 0 Å². The number of rotatable bonds is 6. The number of hydrogen-bond acceptors (Lipinski definition) is 3. The van der Waals surface area contributed by atoms with Crippen molar-refractivity contribution in [1.82, 2.24) is 9.88 Å². The maximum atomic E-state index is 5.97. The minimum absolute atomic E-state index is 0.910. The van der Waals surface area contributed by atoms with Crippen LogP contribution in [-0.4, -0.2) is 23.5 Å². The molecule has 22 heavy (non-hydrogen) atoms. The van der Waals surface area contributed by atoms with E-state index < -0.39 is 0 Å². The minimum atomic E-state index is 0.910. The zero-order valence-electron chi connectivity index (χ0n) is 13.2. The molecular formula is C19H22N2O. The molecule has 114 valence electrons. The van der Waals surface area contributed by atoms with Gasteiger partial charge in [0.15, 0.2) is 0 Å². The summed E-state index contributed by atoms with van der Waals surface area (Å²) in [6.07, 6.45) is 3.75. The van der Waals surface area contributed by atoms with Crippen LogP contribution in [0.1, 0.15) is 23.9 Å². The standard InChI is InChI=1S/C19H22N2O/c1-3-18-17(16-9-4-5-10-19(16)22-18)14-21(2)13-11-15-8-6-7-12-20-15/h4-10,12H,3,11,13-14H2,1-2H3. The Kier molecular flexibility index (Phi) is 4.54. The summed E-state index contributed by atoms with van der Waals surface area (Å²) in [6, 6.07) is 14.4. The van der Waals surface area contributed by atoms with Crippen LogP contribution in [0.4, 0.5) is 0 Å². The number of furan rings is 1. The Morgan fingerprint density at radius 2 is 1.91 bits per heavy atom. The van der Waals surface area contributed by atoms with Crippen molar-refractivity contribution in [2.75, 3.05) is 13.6 Å². The van der Waals surface area contributed by atoms with E-state index in [9.17, 15) is 0 Å². The fourth-order valence-electron chi connectivity index (χ4n) is 2.81. The first-order valence-corrected chi connectivity index (χ1v) is 7.85. The van der Waals surface area contributed by atoms with Crippen molar-refractivity contribution < 1.29 is 4.42 Å². The average Bonchev–Trinajstić information content (AvgIpc) is 2.92. The quantitative estimate of drug-likeness (QED) is 0.686. The molecule has 0 amide bonds. The summed E-state index contributed by atoms with van der Waals surface area (Å²) in [6.45, 7) is 4.04. The zero-order valence-corrected chi connectivity index (χ0v) is 13.2. The van der Waals surface area contributed by atoms with Crippen LogP contribution >= 0.6 is 0 Å².